The van der Waals surface area contributed by atoms with Crippen LogP contribution in [0, 0.1) is 6.55 Å². The van der Waals surface area contributed by atoms with Crippen molar-refractivity contribution < 1.29 is 17.1 Å². The van der Waals surface area contributed by atoms with Crippen molar-refractivity contribution >= 4 is 8.07 Å². The quantitative estimate of drug-likeness (QED) is 0.451. The SMILES string of the molecule is [CH2][Si](C)(C)C.[Mn]. The van der Waals surface area contributed by atoms with Crippen molar-refractivity contribution in [3.63, 3.8) is 0 Å². The van der Waals surface area contributed by atoms with Crippen LogP contribution in [0.15, 0.2) is 0 Å². The molecule has 0 aromatic carbocycles. The maximum Gasteiger partial charge on any atom is 0.0439 e. The average Bonchev–Trinajstić information content (AvgIpc) is 0.722. The fraction of sp³-hybridized carbons (Fsp3) is 0.750. The Bertz CT molecular complexity index is 23.0. The molecule has 0 unspecified atom stereocenters. The molecule has 0 atom stereocenters. The van der Waals surface area contributed by atoms with Gasteiger partial charge in [-0.25, -0.2) is 0 Å². The fourth-order valence-electron chi connectivity index (χ4n) is 0. The third-order valence-corrected chi connectivity index (χ3v) is 0. The molecular weight excluding hydrogens is 131 g/mol. The van der Waals surface area contributed by atoms with E-state index in [4.69, 9.17) is 0 Å². The molecule has 2 heteroatoms. The van der Waals surface area contributed by atoms with E-state index in [0.717, 1.165) is 0 Å². The number of hydrogen-bond acceptors (Lipinski definition) is 0. The minimum absolute atomic E-state index is 0. The third kappa shape index (κ3) is 122. The molecule has 0 saturated carbocycles. The normalized spacial score (nSPS) is 10.0. The van der Waals surface area contributed by atoms with Crippen molar-refractivity contribution in [2.75, 3.05) is 0 Å². The predicted octanol–water partition coefficient (Wildman–Crippen LogP) is 1.70. The molecule has 0 saturated heterocycles. The predicted molar refractivity (Wildman–Crippen MR) is 28.7 cm³/mol. The summed E-state index contributed by atoms with van der Waals surface area (Å²) in [6.07, 6.45) is 0. The van der Waals surface area contributed by atoms with Crippen LogP contribution < -0.4 is 0 Å². The molecule has 0 aliphatic rings. The van der Waals surface area contributed by atoms with Crippen molar-refractivity contribution in [3.8, 4) is 0 Å². The summed E-state index contributed by atoms with van der Waals surface area (Å²) in [5.41, 5.74) is 0. The first-order valence-corrected chi connectivity index (χ1v) is 5.56. The van der Waals surface area contributed by atoms with Gasteiger partial charge in [0.1, 0.15) is 0 Å². The molecule has 0 amide bonds. The van der Waals surface area contributed by atoms with E-state index in [0.29, 0.717) is 0 Å². The molecule has 0 nitrogen and oxygen atoms in total. The fourth-order valence-corrected chi connectivity index (χ4v) is 0. The summed E-state index contributed by atoms with van der Waals surface area (Å²) in [5, 5.41) is 0. The molecule has 0 spiro atoms. The van der Waals surface area contributed by atoms with Gasteiger partial charge in [-0.15, -0.1) is 0 Å². The topological polar surface area (TPSA) is 0 Å². The Morgan fingerprint density at radius 2 is 1.17 bits per heavy atom. The second-order valence-electron chi connectivity index (χ2n) is 2.56. The zero-order chi connectivity index (χ0) is 4.50. The zero-order valence-corrected chi connectivity index (χ0v) is 6.77. The standard InChI is InChI=1S/C4H11Si.Mn/c1-5(2,3)4;/h1H2,2-4H3;. The van der Waals surface area contributed by atoms with E-state index in [-0.39, 0.29) is 17.1 Å². The first kappa shape index (κ1) is 9.88. The Morgan fingerprint density at radius 3 is 1.17 bits per heavy atom. The van der Waals surface area contributed by atoms with Gasteiger partial charge < -0.3 is 0 Å². The summed E-state index contributed by atoms with van der Waals surface area (Å²) in [4.78, 5) is 0. The van der Waals surface area contributed by atoms with Gasteiger partial charge in [-0.1, -0.05) is 26.2 Å². The van der Waals surface area contributed by atoms with Crippen LogP contribution in [0.3, 0.4) is 0 Å². The van der Waals surface area contributed by atoms with Gasteiger partial charge in [0.2, 0.25) is 0 Å². The zero-order valence-electron chi connectivity index (χ0n) is 4.59. The van der Waals surface area contributed by atoms with Crippen LogP contribution in [-0.4, -0.2) is 8.07 Å². The van der Waals surface area contributed by atoms with E-state index in [9.17, 15) is 0 Å². The Hall–Kier alpha value is 0.736. The largest absolute Gasteiger partial charge is 0.0696 e. The van der Waals surface area contributed by atoms with E-state index >= 15 is 0 Å². The monoisotopic (exact) mass is 142 g/mol. The van der Waals surface area contributed by atoms with Gasteiger partial charge in [0.15, 0.2) is 0 Å². The molecule has 6 heavy (non-hydrogen) atoms. The first-order valence-electron chi connectivity index (χ1n) is 1.85. The third-order valence-electron chi connectivity index (χ3n) is 0. The molecule has 0 rings (SSSR count). The summed E-state index contributed by atoms with van der Waals surface area (Å²) in [5.74, 6) is 0. The summed E-state index contributed by atoms with van der Waals surface area (Å²) in [6.45, 7) is 10.6. The molecule has 0 aromatic heterocycles. The van der Waals surface area contributed by atoms with Crippen LogP contribution in [0.2, 0.25) is 19.6 Å². The summed E-state index contributed by atoms with van der Waals surface area (Å²) in [7, 11) is -0.861. The van der Waals surface area contributed by atoms with Gasteiger partial charge in [-0.05, 0) is 0 Å². The van der Waals surface area contributed by atoms with E-state index in [1.54, 1.807) is 0 Å². The van der Waals surface area contributed by atoms with Crippen LogP contribution in [0.5, 0.6) is 0 Å². The van der Waals surface area contributed by atoms with Crippen LogP contribution in [0.1, 0.15) is 0 Å². The van der Waals surface area contributed by atoms with Crippen LogP contribution >= 0.6 is 0 Å². The van der Waals surface area contributed by atoms with Gasteiger partial charge >= 0.3 is 0 Å². The molecule has 0 heterocycles. The van der Waals surface area contributed by atoms with Crippen LogP contribution in [-0.2, 0) is 17.1 Å². The molecule has 38 valence electrons. The van der Waals surface area contributed by atoms with E-state index in [1.807, 2.05) is 0 Å². The van der Waals surface area contributed by atoms with Gasteiger partial charge in [-0.2, -0.15) is 0 Å². The van der Waals surface area contributed by atoms with E-state index < -0.39 is 8.07 Å². The second-order valence-corrected chi connectivity index (χ2v) is 7.68. The second kappa shape index (κ2) is 2.84. The Kier molecular flexibility index (Phi) is 4.67. The summed E-state index contributed by atoms with van der Waals surface area (Å²) >= 11 is 0. The first-order chi connectivity index (χ1) is 2.00. The van der Waals surface area contributed by atoms with E-state index in [1.165, 1.54) is 0 Å². The summed E-state index contributed by atoms with van der Waals surface area (Å²) < 4.78 is 0. The van der Waals surface area contributed by atoms with Crippen molar-refractivity contribution in [2.45, 2.75) is 19.6 Å². The molecule has 0 aromatic rings. The maximum atomic E-state index is 3.91. The molecule has 0 aliphatic carbocycles. The average molecular weight is 142 g/mol. The Balaban J connectivity index is 0. The van der Waals surface area contributed by atoms with Crippen molar-refractivity contribution in [1.82, 2.24) is 0 Å². The summed E-state index contributed by atoms with van der Waals surface area (Å²) in [6, 6.07) is 0. The Morgan fingerprint density at radius 1 is 1.17 bits per heavy atom. The number of rotatable bonds is 0. The molecular formula is C4H11MnSi. The minimum atomic E-state index is -0.861. The van der Waals surface area contributed by atoms with Gasteiger partial charge in [0.05, 0.1) is 0 Å². The van der Waals surface area contributed by atoms with Gasteiger partial charge in [0, 0.05) is 25.1 Å². The molecule has 2 radical (unpaired) electrons. The maximum absolute atomic E-state index is 3.91. The molecule has 0 bridgehead atoms. The number of hydrogen-bond donors (Lipinski definition) is 0. The van der Waals surface area contributed by atoms with Crippen LogP contribution in [0.25, 0.3) is 0 Å². The van der Waals surface area contributed by atoms with Gasteiger partial charge in [-0.3, -0.25) is 0 Å². The van der Waals surface area contributed by atoms with Crippen molar-refractivity contribution in [3.05, 3.63) is 6.55 Å². The molecule has 0 N–H and O–H groups in total. The molecule has 0 aliphatic heterocycles. The van der Waals surface area contributed by atoms with Gasteiger partial charge in [0.25, 0.3) is 0 Å². The molecule has 0 fully saturated rings. The van der Waals surface area contributed by atoms with Crippen molar-refractivity contribution in [1.29, 1.82) is 0 Å². The Labute approximate surface area is 51.8 Å². The van der Waals surface area contributed by atoms with Crippen LogP contribution in [0.4, 0.5) is 0 Å². The van der Waals surface area contributed by atoms with E-state index in [2.05, 4.69) is 26.2 Å². The minimum Gasteiger partial charge on any atom is -0.0696 e. The smallest absolute Gasteiger partial charge is 0.0439 e. The van der Waals surface area contributed by atoms with Crippen molar-refractivity contribution in [2.24, 2.45) is 0 Å².